The van der Waals surface area contributed by atoms with Crippen LogP contribution in [0.15, 0.2) is 59.4 Å². The van der Waals surface area contributed by atoms with Gasteiger partial charge in [0.25, 0.3) is 11.5 Å². The van der Waals surface area contributed by atoms with Crippen LogP contribution in [0.25, 0.3) is 11.3 Å². The summed E-state index contributed by atoms with van der Waals surface area (Å²) >= 11 is 0. The molecule has 8 nitrogen and oxygen atoms in total. The van der Waals surface area contributed by atoms with Gasteiger partial charge < -0.3 is 19.5 Å². The zero-order valence-electron chi connectivity index (χ0n) is 17.8. The molecule has 0 aliphatic carbocycles. The van der Waals surface area contributed by atoms with Gasteiger partial charge in [-0.2, -0.15) is 5.10 Å². The third kappa shape index (κ3) is 5.85. The predicted molar refractivity (Wildman–Crippen MR) is 117 cm³/mol. The number of hydrogen-bond acceptors (Lipinski definition) is 6. The first-order valence-electron chi connectivity index (χ1n) is 9.77. The monoisotopic (exact) mass is 423 g/mol. The van der Waals surface area contributed by atoms with Crippen LogP contribution in [-0.4, -0.2) is 43.1 Å². The number of benzene rings is 2. The van der Waals surface area contributed by atoms with Crippen LogP contribution in [0.2, 0.25) is 0 Å². The first kappa shape index (κ1) is 21.9. The second-order valence-electron chi connectivity index (χ2n) is 6.80. The van der Waals surface area contributed by atoms with Gasteiger partial charge in [-0.3, -0.25) is 9.59 Å². The summed E-state index contributed by atoms with van der Waals surface area (Å²) in [5, 5.41) is 7.11. The molecule has 3 aromatic rings. The van der Waals surface area contributed by atoms with Gasteiger partial charge in [0, 0.05) is 18.2 Å². The number of aromatic nitrogens is 2. The van der Waals surface area contributed by atoms with E-state index in [9.17, 15) is 9.59 Å². The molecular weight excluding hydrogens is 398 g/mol. The predicted octanol–water partition coefficient (Wildman–Crippen LogP) is 2.43. The lowest BCUT2D eigenvalue weighted by Gasteiger charge is -2.12. The highest BCUT2D eigenvalue weighted by molar-refractivity contribution is 5.77. The highest BCUT2D eigenvalue weighted by Gasteiger charge is 2.09. The fraction of sp³-hybridized carbons (Fsp3) is 0.261. The molecule has 8 heteroatoms. The molecule has 0 atom stereocenters. The number of ether oxygens (including phenoxy) is 3. The molecule has 0 saturated heterocycles. The first-order chi connectivity index (χ1) is 15.0. The molecule has 0 radical (unpaired) electrons. The zero-order valence-corrected chi connectivity index (χ0v) is 17.8. The van der Waals surface area contributed by atoms with Crippen molar-refractivity contribution in [2.24, 2.45) is 0 Å². The summed E-state index contributed by atoms with van der Waals surface area (Å²) in [5.41, 5.74) is 2.30. The van der Waals surface area contributed by atoms with Crippen molar-refractivity contribution in [3.63, 3.8) is 0 Å². The Morgan fingerprint density at radius 2 is 1.77 bits per heavy atom. The highest BCUT2D eigenvalue weighted by Crippen LogP contribution is 2.27. The minimum absolute atomic E-state index is 0.159. The third-order valence-electron chi connectivity index (χ3n) is 4.58. The molecule has 1 amide bonds. The average molecular weight is 423 g/mol. The molecule has 31 heavy (non-hydrogen) atoms. The average Bonchev–Trinajstić information content (AvgIpc) is 2.79. The van der Waals surface area contributed by atoms with Crippen molar-refractivity contribution in [2.75, 3.05) is 27.4 Å². The van der Waals surface area contributed by atoms with Crippen molar-refractivity contribution in [2.45, 2.75) is 13.5 Å². The Kier molecular flexibility index (Phi) is 7.26. The molecular formula is C23H25N3O5. The van der Waals surface area contributed by atoms with Gasteiger partial charge in [-0.1, -0.05) is 6.07 Å². The molecule has 0 aliphatic heterocycles. The second-order valence-corrected chi connectivity index (χ2v) is 6.80. The van der Waals surface area contributed by atoms with Crippen LogP contribution in [0.3, 0.4) is 0 Å². The van der Waals surface area contributed by atoms with Crippen molar-refractivity contribution in [3.8, 4) is 28.5 Å². The zero-order chi connectivity index (χ0) is 22.2. The molecule has 0 spiro atoms. The summed E-state index contributed by atoms with van der Waals surface area (Å²) in [6.45, 7) is 2.26. The maximum Gasteiger partial charge on any atom is 0.266 e. The normalized spacial score (nSPS) is 10.4. The topological polar surface area (TPSA) is 91.7 Å². The molecule has 0 unspecified atom stereocenters. The molecule has 1 aromatic heterocycles. The van der Waals surface area contributed by atoms with Gasteiger partial charge in [-0.25, -0.2) is 4.68 Å². The quantitative estimate of drug-likeness (QED) is 0.568. The second kappa shape index (κ2) is 10.3. The molecule has 3 rings (SSSR count). The summed E-state index contributed by atoms with van der Waals surface area (Å²) in [4.78, 5) is 24.2. The van der Waals surface area contributed by atoms with Gasteiger partial charge >= 0.3 is 0 Å². The van der Waals surface area contributed by atoms with E-state index < -0.39 is 0 Å². The Balaban J connectivity index is 1.55. The molecule has 2 aromatic carbocycles. The van der Waals surface area contributed by atoms with E-state index in [4.69, 9.17) is 14.2 Å². The molecule has 0 fully saturated rings. The van der Waals surface area contributed by atoms with Gasteiger partial charge in [-0.15, -0.1) is 0 Å². The molecule has 0 saturated carbocycles. The van der Waals surface area contributed by atoms with Crippen molar-refractivity contribution >= 4 is 5.91 Å². The minimum atomic E-state index is -0.304. The summed E-state index contributed by atoms with van der Waals surface area (Å²) in [6, 6.07) is 16.0. The van der Waals surface area contributed by atoms with E-state index in [1.807, 2.05) is 43.3 Å². The van der Waals surface area contributed by atoms with Crippen LogP contribution in [0.4, 0.5) is 0 Å². The number of rotatable bonds is 9. The maximum atomic E-state index is 12.1. The van der Waals surface area contributed by atoms with E-state index in [1.54, 1.807) is 26.4 Å². The van der Waals surface area contributed by atoms with Crippen molar-refractivity contribution in [3.05, 3.63) is 70.5 Å². The summed E-state index contributed by atoms with van der Waals surface area (Å²) in [5.74, 6) is 1.50. The minimum Gasteiger partial charge on any atom is -0.497 e. The smallest absolute Gasteiger partial charge is 0.266 e. The number of nitrogens with one attached hydrogen (secondary N) is 1. The SMILES string of the molecule is COc1ccc(-c2ccc(=O)n(CCNC(=O)COc3ccc(C)cc3OC)n2)cc1. The van der Waals surface area contributed by atoms with Crippen LogP contribution in [-0.2, 0) is 11.3 Å². The van der Waals surface area contributed by atoms with E-state index in [2.05, 4.69) is 10.4 Å². The van der Waals surface area contributed by atoms with E-state index in [-0.39, 0.29) is 31.2 Å². The van der Waals surface area contributed by atoms with Crippen LogP contribution in [0, 0.1) is 6.92 Å². The first-order valence-corrected chi connectivity index (χ1v) is 9.77. The highest BCUT2D eigenvalue weighted by atomic mass is 16.5. The number of amides is 1. The maximum absolute atomic E-state index is 12.1. The number of hydrogen-bond donors (Lipinski definition) is 1. The Morgan fingerprint density at radius 1 is 1.00 bits per heavy atom. The van der Waals surface area contributed by atoms with Gasteiger partial charge in [-0.05, 0) is 55.0 Å². The van der Waals surface area contributed by atoms with E-state index in [1.165, 1.54) is 10.7 Å². The Morgan fingerprint density at radius 3 is 2.48 bits per heavy atom. The van der Waals surface area contributed by atoms with Crippen molar-refractivity contribution in [1.29, 1.82) is 0 Å². The third-order valence-corrected chi connectivity index (χ3v) is 4.58. The number of aryl methyl sites for hydroxylation is 1. The molecule has 162 valence electrons. The Labute approximate surface area is 180 Å². The van der Waals surface area contributed by atoms with Gasteiger partial charge in [0.15, 0.2) is 18.1 Å². The van der Waals surface area contributed by atoms with Crippen LogP contribution in [0.1, 0.15) is 5.56 Å². The number of nitrogens with zero attached hydrogens (tertiary/aromatic N) is 2. The van der Waals surface area contributed by atoms with E-state index in [0.717, 1.165) is 16.9 Å². The molecule has 1 heterocycles. The van der Waals surface area contributed by atoms with Gasteiger partial charge in [0.05, 0.1) is 26.5 Å². The van der Waals surface area contributed by atoms with E-state index in [0.29, 0.717) is 17.2 Å². The van der Waals surface area contributed by atoms with Crippen molar-refractivity contribution in [1.82, 2.24) is 15.1 Å². The van der Waals surface area contributed by atoms with Gasteiger partial charge in [0.1, 0.15) is 5.75 Å². The van der Waals surface area contributed by atoms with Crippen LogP contribution in [0.5, 0.6) is 17.2 Å². The molecule has 0 aliphatic rings. The molecule has 0 bridgehead atoms. The number of methoxy groups -OCH3 is 2. The van der Waals surface area contributed by atoms with Gasteiger partial charge in [0.2, 0.25) is 0 Å². The summed E-state index contributed by atoms with van der Waals surface area (Å²) in [7, 11) is 3.15. The number of carbonyl (C=O) groups is 1. The Hall–Kier alpha value is -3.81. The Bertz CT molecular complexity index is 1090. The summed E-state index contributed by atoms with van der Waals surface area (Å²) in [6.07, 6.45) is 0. The molecule has 1 N–H and O–H groups in total. The lowest BCUT2D eigenvalue weighted by Crippen LogP contribution is -2.34. The largest absolute Gasteiger partial charge is 0.497 e. The van der Waals surface area contributed by atoms with Crippen LogP contribution < -0.4 is 25.1 Å². The fourth-order valence-corrected chi connectivity index (χ4v) is 2.91. The summed E-state index contributed by atoms with van der Waals surface area (Å²) < 4.78 is 17.3. The lowest BCUT2D eigenvalue weighted by atomic mass is 10.1. The number of carbonyl (C=O) groups excluding carboxylic acids is 1. The standard InChI is InChI=1S/C23H25N3O5/c1-16-4-10-20(21(14-16)30-3)31-15-22(27)24-12-13-26-23(28)11-9-19(25-26)17-5-7-18(29-2)8-6-17/h4-11,14H,12-13,15H2,1-3H3,(H,24,27). The van der Waals surface area contributed by atoms with E-state index >= 15 is 0 Å². The fourth-order valence-electron chi connectivity index (χ4n) is 2.91. The lowest BCUT2D eigenvalue weighted by molar-refractivity contribution is -0.123. The van der Waals surface area contributed by atoms with Crippen molar-refractivity contribution < 1.29 is 19.0 Å². The van der Waals surface area contributed by atoms with Crippen LogP contribution >= 0.6 is 0 Å².